The lowest BCUT2D eigenvalue weighted by Gasteiger charge is -2.10. The number of ether oxygens (including phenoxy) is 1. The molecule has 3 rings (SSSR count). The number of hydrogen-bond acceptors (Lipinski definition) is 3. The van der Waals surface area contributed by atoms with Crippen molar-refractivity contribution in [2.45, 2.75) is 26.3 Å². The third-order valence-corrected chi connectivity index (χ3v) is 4.17. The summed E-state index contributed by atoms with van der Waals surface area (Å²) in [5.74, 6) is -0.278. The molecule has 0 saturated carbocycles. The van der Waals surface area contributed by atoms with Gasteiger partial charge in [-0.1, -0.05) is 60.7 Å². The number of H-pyrrole nitrogens is 1. The molecule has 1 N–H and O–H groups in total. The van der Waals surface area contributed by atoms with Crippen LogP contribution in [0.3, 0.4) is 0 Å². The van der Waals surface area contributed by atoms with Gasteiger partial charge in [0.15, 0.2) is 0 Å². The summed E-state index contributed by atoms with van der Waals surface area (Å²) in [6.45, 7) is 2.34. The van der Waals surface area contributed by atoms with Crippen LogP contribution in [0.4, 0.5) is 0 Å². The summed E-state index contributed by atoms with van der Waals surface area (Å²) in [4.78, 5) is 26.5. The molecule has 134 valence electrons. The SMILES string of the molecule is CC(=O)OCCCCn1c(-c2ccccc2)c(-c2ccccc2)[nH]c1=O. The molecular weight excluding hydrogens is 328 g/mol. The number of benzene rings is 2. The van der Waals surface area contributed by atoms with Crippen molar-refractivity contribution in [2.24, 2.45) is 0 Å². The first-order valence-corrected chi connectivity index (χ1v) is 8.74. The van der Waals surface area contributed by atoms with Gasteiger partial charge < -0.3 is 9.72 Å². The fourth-order valence-electron chi connectivity index (χ4n) is 2.98. The van der Waals surface area contributed by atoms with Crippen LogP contribution < -0.4 is 5.69 Å². The van der Waals surface area contributed by atoms with Crippen molar-refractivity contribution in [3.8, 4) is 22.5 Å². The van der Waals surface area contributed by atoms with Gasteiger partial charge in [0.05, 0.1) is 18.0 Å². The van der Waals surface area contributed by atoms with Crippen LogP contribution in [0.25, 0.3) is 22.5 Å². The van der Waals surface area contributed by atoms with Crippen LogP contribution >= 0.6 is 0 Å². The maximum Gasteiger partial charge on any atom is 0.326 e. The summed E-state index contributed by atoms with van der Waals surface area (Å²) < 4.78 is 6.73. The molecule has 0 aliphatic rings. The van der Waals surface area contributed by atoms with Gasteiger partial charge >= 0.3 is 11.7 Å². The van der Waals surface area contributed by atoms with Crippen LogP contribution in [0.5, 0.6) is 0 Å². The molecule has 1 aromatic heterocycles. The van der Waals surface area contributed by atoms with Crippen LogP contribution in [-0.4, -0.2) is 22.1 Å². The predicted octanol–water partition coefficient (Wildman–Crippen LogP) is 3.85. The number of unbranched alkanes of at least 4 members (excludes halogenated alkanes) is 1. The smallest absolute Gasteiger partial charge is 0.326 e. The lowest BCUT2D eigenvalue weighted by atomic mass is 10.0. The molecule has 0 aliphatic heterocycles. The maximum atomic E-state index is 12.6. The van der Waals surface area contributed by atoms with Gasteiger partial charge in [0.1, 0.15) is 0 Å². The first kappa shape index (κ1) is 17.7. The first-order chi connectivity index (χ1) is 12.7. The highest BCUT2D eigenvalue weighted by molar-refractivity contribution is 5.78. The van der Waals surface area contributed by atoms with E-state index in [9.17, 15) is 9.59 Å². The molecule has 0 bridgehead atoms. The maximum absolute atomic E-state index is 12.6. The first-order valence-electron chi connectivity index (χ1n) is 8.74. The number of aromatic amines is 1. The number of carbonyl (C=O) groups excluding carboxylic acids is 1. The third-order valence-electron chi connectivity index (χ3n) is 4.17. The van der Waals surface area contributed by atoms with E-state index < -0.39 is 0 Å². The molecule has 5 nitrogen and oxygen atoms in total. The highest BCUT2D eigenvalue weighted by Gasteiger charge is 2.16. The number of aromatic nitrogens is 2. The van der Waals surface area contributed by atoms with E-state index >= 15 is 0 Å². The van der Waals surface area contributed by atoms with Gasteiger partial charge in [0.25, 0.3) is 0 Å². The summed E-state index contributed by atoms with van der Waals surface area (Å²) in [5.41, 5.74) is 3.54. The normalized spacial score (nSPS) is 10.7. The second-order valence-electron chi connectivity index (χ2n) is 6.08. The summed E-state index contributed by atoms with van der Waals surface area (Å²) in [5, 5.41) is 0. The number of imidazole rings is 1. The summed E-state index contributed by atoms with van der Waals surface area (Å²) in [6.07, 6.45) is 1.46. The van der Waals surface area contributed by atoms with Crippen LogP contribution in [0.1, 0.15) is 19.8 Å². The number of rotatable bonds is 7. The average molecular weight is 350 g/mol. The average Bonchev–Trinajstić information content (AvgIpc) is 2.99. The van der Waals surface area contributed by atoms with Crippen molar-refractivity contribution in [3.63, 3.8) is 0 Å². The van der Waals surface area contributed by atoms with Crippen molar-refractivity contribution in [3.05, 3.63) is 71.1 Å². The number of esters is 1. The molecule has 3 aromatic rings. The summed E-state index contributed by atoms with van der Waals surface area (Å²) in [7, 11) is 0. The van der Waals surface area contributed by atoms with E-state index in [2.05, 4.69) is 4.98 Å². The molecule has 0 radical (unpaired) electrons. The molecule has 0 unspecified atom stereocenters. The zero-order valence-corrected chi connectivity index (χ0v) is 14.8. The molecule has 0 saturated heterocycles. The van der Waals surface area contributed by atoms with Crippen LogP contribution in [0.2, 0.25) is 0 Å². The topological polar surface area (TPSA) is 64.1 Å². The lowest BCUT2D eigenvalue weighted by molar-refractivity contribution is -0.141. The number of nitrogens with one attached hydrogen (secondary N) is 1. The van der Waals surface area contributed by atoms with E-state index in [1.807, 2.05) is 60.7 Å². The Bertz CT molecular complexity index is 911. The molecule has 0 spiro atoms. The quantitative estimate of drug-likeness (QED) is 0.520. The van der Waals surface area contributed by atoms with Gasteiger partial charge in [0, 0.05) is 24.6 Å². The minimum absolute atomic E-state index is 0.129. The van der Waals surface area contributed by atoms with Crippen molar-refractivity contribution in [2.75, 3.05) is 6.61 Å². The number of nitrogens with zero attached hydrogens (tertiary/aromatic N) is 1. The molecule has 0 fully saturated rings. The van der Waals surface area contributed by atoms with Crippen LogP contribution in [0, 0.1) is 0 Å². The van der Waals surface area contributed by atoms with Crippen LogP contribution in [-0.2, 0) is 16.1 Å². The van der Waals surface area contributed by atoms with E-state index in [1.165, 1.54) is 6.92 Å². The largest absolute Gasteiger partial charge is 0.466 e. The molecule has 2 aromatic carbocycles. The van der Waals surface area contributed by atoms with Crippen molar-refractivity contribution in [1.29, 1.82) is 0 Å². The standard InChI is InChI=1S/C21H22N2O3/c1-16(24)26-15-9-8-14-23-20(18-12-6-3-7-13-18)19(22-21(23)25)17-10-4-2-5-11-17/h2-7,10-13H,8-9,14-15H2,1H3,(H,22,25). The van der Waals surface area contributed by atoms with E-state index in [4.69, 9.17) is 4.74 Å². The Morgan fingerprint density at radius 3 is 2.19 bits per heavy atom. The minimum atomic E-state index is -0.278. The van der Waals surface area contributed by atoms with Gasteiger partial charge in [-0.25, -0.2) is 4.79 Å². The highest BCUT2D eigenvalue weighted by atomic mass is 16.5. The Morgan fingerprint density at radius 1 is 0.962 bits per heavy atom. The third kappa shape index (κ3) is 4.11. The van der Waals surface area contributed by atoms with Gasteiger partial charge in [-0.05, 0) is 12.8 Å². The van der Waals surface area contributed by atoms with E-state index in [0.717, 1.165) is 28.9 Å². The summed E-state index contributed by atoms with van der Waals surface area (Å²) in [6, 6.07) is 19.7. The predicted molar refractivity (Wildman–Crippen MR) is 102 cm³/mol. The molecule has 1 heterocycles. The molecule has 5 heteroatoms. The Hall–Kier alpha value is -3.08. The van der Waals surface area contributed by atoms with Gasteiger partial charge in [-0.2, -0.15) is 0 Å². The minimum Gasteiger partial charge on any atom is -0.466 e. The molecular formula is C21H22N2O3. The number of carbonyl (C=O) groups is 1. The van der Waals surface area contributed by atoms with Crippen molar-refractivity contribution in [1.82, 2.24) is 9.55 Å². The Kier molecular flexibility index (Phi) is 5.69. The molecule has 26 heavy (non-hydrogen) atoms. The van der Waals surface area contributed by atoms with Gasteiger partial charge in [0.2, 0.25) is 0 Å². The monoisotopic (exact) mass is 350 g/mol. The van der Waals surface area contributed by atoms with Gasteiger partial charge in [-0.3, -0.25) is 9.36 Å². The zero-order chi connectivity index (χ0) is 18.4. The second kappa shape index (κ2) is 8.34. The molecule has 0 amide bonds. The fraction of sp³-hybridized carbons (Fsp3) is 0.238. The molecule has 0 atom stereocenters. The van der Waals surface area contributed by atoms with Crippen molar-refractivity contribution < 1.29 is 9.53 Å². The van der Waals surface area contributed by atoms with E-state index in [1.54, 1.807) is 4.57 Å². The van der Waals surface area contributed by atoms with Crippen LogP contribution in [0.15, 0.2) is 65.5 Å². The Labute approximate surface area is 152 Å². The van der Waals surface area contributed by atoms with E-state index in [-0.39, 0.29) is 11.7 Å². The highest BCUT2D eigenvalue weighted by Crippen LogP contribution is 2.29. The van der Waals surface area contributed by atoms with E-state index in [0.29, 0.717) is 19.6 Å². The summed E-state index contributed by atoms with van der Waals surface area (Å²) >= 11 is 0. The van der Waals surface area contributed by atoms with Gasteiger partial charge in [-0.15, -0.1) is 0 Å². The Balaban J connectivity index is 1.92. The van der Waals surface area contributed by atoms with Crippen molar-refractivity contribution >= 4 is 5.97 Å². The number of hydrogen-bond donors (Lipinski definition) is 1. The molecule has 0 aliphatic carbocycles. The fourth-order valence-corrected chi connectivity index (χ4v) is 2.98. The second-order valence-corrected chi connectivity index (χ2v) is 6.08. The zero-order valence-electron chi connectivity index (χ0n) is 14.8. The lowest BCUT2D eigenvalue weighted by Crippen LogP contribution is -2.18. The Morgan fingerprint density at radius 2 is 1.58 bits per heavy atom.